The zero-order chi connectivity index (χ0) is 18.7. The largest absolute Gasteiger partial charge is 0.444 e. The molecule has 1 fully saturated rings. The average Bonchev–Trinajstić information content (AvgIpc) is 3.08. The first-order valence-electron chi connectivity index (χ1n) is 8.96. The van der Waals surface area contributed by atoms with E-state index >= 15 is 0 Å². The number of hydrogen-bond acceptors (Lipinski definition) is 3. The topological polar surface area (TPSA) is 42.4 Å². The van der Waals surface area contributed by atoms with Crippen molar-refractivity contribution >= 4 is 17.0 Å². The molecule has 136 valence electrons. The summed E-state index contributed by atoms with van der Waals surface area (Å²) in [5.41, 5.74) is 1.88. The Morgan fingerprint density at radius 3 is 2.72 bits per heavy atom. The van der Waals surface area contributed by atoms with E-state index in [-0.39, 0.29) is 12.7 Å². The summed E-state index contributed by atoms with van der Waals surface area (Å²) in [4.78, 5) is 18.1. The zero-order valence-corrected chi connectivity index (χ0v) is 15.9. The number of pyridine rings is 1. The zero-order valence-electron chi connectivity index (χ0n) is 15.9. The standard InChI is InChI=1S/C16H18N2O2.C3H6.C2H6/c1-12-6-7-18(10-12)16(19)20-11-13-8-14-4-2-3-5-15(14)17-9-13;1-3-2;1-2/h2-5,8-9,12H,6-7,10-11H2,1H3;3H,1H2,2H3;1-2H3/t12-;;/m1../s1. The molecule has 0 aliphatic carbocycles. The molecule has 1 saturated heterocycles. The van der Waals surface area contributed by atoms with Crippen molar-refractivity contribution in [3.63, 3.8) is 0 Å². The van der Waals surface area contributed by atoms with Gasteiger partial charge < -0.3 is 9.64 Å². The molecule has 2 aromatic rings. The van der Waals surface area contributed by atoms with Crippen molar-refractivity contribution in [2.75, 3.05) is 13.1 Å². The van der Waals surface area contributed by atoms with Crippen LogP contribution in [0.2, 0.25) is 0 Å². The molecule has 1 amide bonds. The summed E-state index contributed by atoms with van der Waals surface area (Å²) in [6, 6.07) is 9.93. The van der Waals surface area contributed by atoms with E-state index in [9.17, 15) is 4.79 Å². The van der Waals surface area contributed by atoms with E-state index < -0.39 is 0 Å². The van der Waals surface area contributed by atoms with Crippen molar-refractivity contribution in [3.05, 3.63) is 54.7 Å². The van der Waals surface area contributed by atoms with Crippen molar-refractivity contribution in [2.24, 2.45) is 5.92 Å². The smallest absolute Gasteiger partial charge is 0.410 e. The van der Waals surface area contributed by atoms with Crippen LogP contribution in [0.3, 0.4) is 0 Å². The SMILES string of the molecule is C=CC.CC.C[C@@H]1CCN(C(=O)OCc2cnc3ccccc3c2)C1. The van der Waals surface area contributed by atoms with Gasteiger partial charge in [-0.15, -0.1) is 6.58 Å². The summed E-state index contributed by atoms with van der Waals surface area (Å²) in [5, 5.41) is 1.07. The molecule has 2 heterocycles. The van der Waals surface area contributed by atoms with E-state index in [1.54, 1.807) is 17.2 Å². The van der Waals surface area contributed by atoms with Crippen molar-refractivity contribution in [1.82, 2.24) is 9.88 Å². The maximum atomic E-state index is 11.9. The van der Waals surface area contributed by atoms with Gasteiger partial charge in [0.2, 0.25) is 0 Å². The van der Waals surface area contributed by atoms with Crippen molar-refractivity contribution in [2.45, 2.75) is 40.7 Å². The molecule has 0 N–H and O–H groups in total. The number of ether oxygens (including phenoxy) is 1. The molecule has 1 aliphatic rings. The lowest BCUT2D eigenvalue weighted by Gasteiger charge is -2.15. The lowest BCUT2D eigenvalue weighted by Crippen LogP contribution is -2.29. The fraction of sp³-hybridized carbons (Fsp3) is 0.429. The molecule has 0 spiro atoms. The quantitative estimate of drug-likeness (QED) is 0.683. The first-order chi connectivity index (χ1) is 12.1. The first-order valence-corrected chi connectivity index (χ1v) is 8.96. The minimum Gasteiger partial charge on any atom is -0.444 e. The molecule has 4 heteroatoms. The number of fused-ring (bicyclic) bond motifs is 1. The highest BCUT2D eigenvalue weighted by Crippen LogP contribution is 2.17. The third-order valence-electron chi connectivity index (χ3n) is 3.69. The number of nitrogens with zero attached hydrogens (tertiary/aromatic N) is 2. The van der Waals surface area contributed by atoms with Crippen molar-refractivity contribution in [3.8, 4) is 0 Å². The van der Waals surface area contributed by atoms with Gasteiger partial charge in [-0.1, -0.05) is 45.0 Å². The van der Waals surface area contributed by atoms with Gasteiger partial charge in [-0.25, -0.2) is 4.79 Å². The van der Waals surface area contributed by atoms with Gasteiger partial charge in [0.25, 0.3) is 0 Å². The second-order valence-corrected chi connectivity index (χ2v) is 5.84. The predicted octanol–water partition coefficient (Wildman–Crippen LogP) is 5.43. The molecule has 25 heavy (non-hydrogen) atoms. The summed E-state index contributed by atoms with van der Waals surface area (Å²) in [7, 11) is 0. The molecule has 1 aromatic heterocycles. The Labute approximate surface area is 151 Å². The molecule has 3 rings (SSSR count). The number of para-hydroxylation sites is 1. The molecule has 0 bridgehead atoms. The molecular formula is C21H30N2O2. The van der Waals surface area contributed by atoms with Gasteiger partial charge in [-0.2, -0.15) is 0 Å². The van der Waals surface area contributed by atoms with Gasteiger partial charge in [-0.3, -0.25) is 4.98 Å². The van der Waals surface area contributed by atoms with E-state index in [0.717, 1.165) is 36.0 Å². The van der Waals surface area contributed by atoms with Crippen LogP contribution in [0.15, 0.2) is 49.2 Å². The average molecular weight is 342 g/mol. The van der Waals surface area contributed by atoms with Gasteiger partial charge in [0.1, 0.15) is 6.61 Å². The Bertz CT molecular complexity index is 670. The summed E-state index contributed by atoms with van der Waals surface area (Å²) in [6.07, 6.45) is 4.36. The van der Waals surface area contributed by atoms with Crippen LogP contribution in [0.5, 0.6) is 0 Å². The van der Waals surface area contributed by atoms with E-state index in [1.807, 2.05) is 51.1 Å². The maximum absolute atomic E-state index is 11.9. The number of allylic oxidation sites excluding steroid dienone is 1. The summed E-state index contributed by atoms with van der Waals surface area (Å²) >= 11 is 0. The van der Waals surface area contributed by atoms with Crippen LogP contribution in [0.1, 0.15) is 39.7 Å². The van der Waals surface area contributed by atoms with E-state index in [0.29, 0.717) is 5.92 Å². The second kappa shape index (κ2) is 11.2. The van der Waals surface area contributed by atoms with E-state index in [2.05, 4.69) is 18.5 Å². The fourth-order valence-electron chi connectivity index (χ4n) is 2.53. The summed E-state index contributed by atoms with van der Waals surface area (Å²) in [6.45, 7) is 13.3. The minimum absolute atomic E-state index is 0.220. The Kier molecular flexibility index (Phi) is 9.30. The number of likely N-dealkylation sites (tertiary alicyclic amines) is 1. The van der Waals surface area contributed by atoms with Crippen LogP contribution in [0, 0.1) is 5.92 Å². The highest BCUT2D eigenvalue weighted by atomic mass is 16.6. The summed E-state index contributed by atoms with van der Waals surface area (Å²) < 4.78 is 5.36. The van der Waals surface area contributed by atoms with E-state index in [1.165, 1.54) is 0 Å². The van der Waals surface area contributed by atoms with Crippen LogP contribution in [-0.2, 0) is 11.3 Å². The van der Waals surface area contributed by atoms with Gasteiger partial charge >= 0.3 is 6.09 Å². The molecule has 1 atom stereocenters. The van der Waals surface area contributed by atoms with Crippen molar-refractivity contribution < 1.29 is 9.53 Å². The molecule has 0 radical (unpaired) electrons. The Balaban J connectivity index is 0.000000567. The predicted molar refractivity (Wildman–Crippen MR) is 105 cm³/mol. The Morgan fingerprint density at radius 2 is 2.08 bits per heavy atom. The molecule has 0 saturated carbocycles. The molecular weight excluding hydrogens is 312 g/mol. The highest BCUT2D eigenvalue weighted by Gasteiger charge is 2.24. The number of aromatic nitrogens is 1. The van der Waals surface area contributed by atoms with Crippen molar-refractivity contribution in [1.29, 1.82) is 0 Å². The number of hydrogen-bond donors (Lipinski definition) is 0. The van der Waals surface area contributed by atoms with Crippen LogP contribution >= 0.6 is 0 Å². The van der Waals surface area contributed by atoms with E-state index in [4.69, 9.17) is 4.74 Å². The Morgan fingerprint density at radius 1 is 1.40 bits per heavy atom. The normalized spacial score (nSPS) is 15.5. The molecule has 0 unspecified atom stereocenters. The molecule has 1 aliphatic heterocycles. The lowest BCUT2D eigenvalue weighted by molar-refractivity contribution is 0.103. The van der Waals surface area contributed by atoms with Gasteiger partial charge in [0.05, 0.1) is 5.52 Å². The Hall–Kier alpha value is -2.36. The maximum Gasteiger partial charge on any atom is 0.410 e. The molecule has 4 nitrogen and oxygen atoms in total. The van der Waals surface area contributed by atoms with Crippen LogP contribution in [-0.4, -0.2) is 29.1 Å². The third-order valence-corrected chi connectivity index (χ3v) is 3.69. The third kappa shape index (κ3) is 6.57. The first kappa shape index (κ1) is 20.7. The van der Waals surface area contributed by atoms with Gasteiger partial charge in [0, 0.05) is 30.2 Å². The van der Waals surface area contributed by atoms with Crippen LogP contribution in [0.25, 0.3) is 10.9 Å². The number of carbonyl (C=O) groups excluding carboxylic acids is 1. The van der Waals surface area contributed by atoms with Crippen LogP contribution in [0.4, 0.5) is 4.79 Å². The number of carbonyl (C=O) groups is 1. The van der Waals surface area contributed by atoms with Crippen LogP contribution < -0.4 is 0 Å². The monoisotopic (exact) mass is 342 g/mol. The lowest BCUT2D eigenvalue weighted by atomic mass is 10.2. The van der Waals surface area contributed by atoms with Gasteiger partial charge in [0.15, 0.2) is 0 Å². The minimum atomic E-state index is -0.220. The highest BCUT2D eigenvalue weighted by molar-refractivity contribution is 5.78. The number of benzene rings is 1. The second-order valence-electron chi connectivity index (χ2n) is 5.84. The van der Waals surface area contributed by atoms with Gasteiger partial charge in [-0.05, 0) is 31.4 Å². The fourth-order valence-corrected chi connectivity index (χ4v) is 2.53. The molecule has 1 aromatic carbocycles. The summed E-state index contributed by atoms with van der Waals surface area (Å²) in [5.74, 6) is 0.574. The number of amides is 1. The number of rotatable bonds is 2.